The molecule has 0 aliphatic carbocycles. The molecule has 0 unspecified atom stereocenters. The average molecular weight is 194 g/mol. The van der Waals surface area contributed by atoms with Gasteiger partial charge in [-0.3, -0.25) is 0 Å². The first-order chi connectivity index (χ1) is 6.88. The van der Waals surface area contributed by atoms with Gasteiger partial charge in [0, 0.05) is 25.4 Å². The van der Waals surface area contributed by atoms with E-state index in [4.69, 9.17) is 0 Å². The Kier molecular flexibility index (Phi) is 5.35. The topological polar surface area (TPSA) is 17.8 Å². The van der Waals surface area contributed by atoms with E-state index in [1.54, 1.807) is 0 Å². The largest absolute Gasteiger partial charge is 0.335 e. The van der Waals surface area contributed by atoms with E-state index in [9.17, 15) is 0 Å². The molecule has 0 saturated carbocycles. The molecule has 0 bridgehead atoms. The minimum Gasteiger partial charge on any atom is -0.335 e. The summed E-state index contributed by atoms with van der Waals surface area (Å²) in [6.45, 7) is 5.56. The van der Waals surface area contributed by atoms with Gasteiger partial charge in [-0.15, -0.1) is 0 Å². The van der Waals surface area contributed by atoms with Gasteiger partial charge in [0.15, 0.2) is 0 Å². The molecule has 80 valence electrons. The second kappa shape index (κ2) is 6.63. The Morgan fingerprint density at radius 2 is 1.93 bits per heavy atom. The summed E-state index contributed by atoms with van der Waals surface area (Å²) in [7, 11) is 0. The van der Waals surface area contributed by atoms with Crippen LogP contribution in [0.3, 0.4) is 0 Å². The van der Waals surface area contributed by atoms with Gasteiger partial charge in [0.05, 0.1) is 0 Å². The number of aromatic nitrogens is 2. The van der Waals surface area contributed by atoms with Crippen LogP contribution in [0.1, 0.15) is 51.8 Å². The van der Waals surface area contributed by atoms with Crippen LogP contribution in [0, 0.1) is 0 Å². The zero-order valence-corrected chi connectivity index (χ0v) is 9.50. The Morgan fingerprint density at radius 1 is 1.14 bits per heavy atom. The van der Waals surface area contributed by atoms with Crippen LogP contribution in [-0.2, 0) is 13.0 Å². The average Bonchev–Trinajstić information content (AvgIpc) is 2.65. The van der Waals surface area contributed by atoms with Gasteiger partial charge in [-0.2, -0.15) is 0 Å². The van der Waals surface area contributed by atoms with Crippen LogP contribution >= 0.6 is 0 Å². The SMILES string of the molecule is CCCCCCCn1ccnc1CC. The van der Waals surface area contributed by atoms with E-state index in [1.165, 1.54) is 37.9 Å². The van der Waals surface area contributed by atoms with Crippen molar-refractivity contribution in [1.82, 2.24) is 9.55 Å². The summed E-state index contributed by atoms with van der Waals surface area (Å²) in [4.78, 5) is 4.31. The lowest BCUT2D eigenvalue weighted by atomic mass is 10.1. The second-order valence-corrected chi connectivity index (χ2v) is 3.80. The predicted molar refractivity (Wildman–Crippen MR) is 60.4 cm³/mol. The van der Waals surface area contributed by atoms with Crippen LogP contribution in [0.5, 0.6) is 0 Å². The molecule has 2 nitrogen and oxygen atoms in total. The number of aryl methyl sites for hydroxylation is 2. The van der Waals surface area contributed by atoms with Crippen molar-refractivity contribution in [3.63, 3.8) is 0 Å². The number of unbranched alkanes of at least 4 members (excludes halogenated alkanes) is 4. The third-order valence-corrected chi connectivity index (χ3v) is 2.62. The second-order valence-electron chi connectivity index (χ2n) is 3.80. The number of hydrogen-bond donors (Lipinski definition) is 0. The van der Waals surface area contributed by atoms with Crippen LogP contribution in [0.4, 0.5) is 0 Å². The quantitative estimate of drug-likeness (QED) is 0.608. The maximum Gasteiger partial charge on any atom is 0.108 e. The molecule has 0 amide bonds. The predicted octanol–water partition coefficient (Wildman–Crippen LogP) is 3.42. The highest BCUT2D eigenvalue weighted by Gasteiger charge is 1.98. The molecule has 0 atom stereocenters. The first kappa shape index (κ1) is 11.3. The van der Waals surface area contributed by atoms with Crippen LogP contribution < -0.4 is 0 Å². The van der Waals surface area contributed by atoms with E-state index >= 15 is 0 Å². The van der Waals surface area contributed by atoms with Crippen molar-refractivity contribution in [2.45, 2.75) is 58.9 Å². The molecule has 0 aromatic carbocycles. The number of imidazole rings is 1. The lowest BCUT2D eigenvalue weighted by Gasteiger charge is -2.05. The highest BCUT2D eigenvalue weighted by molar-refractivity contribution is 4.91. The number of nitrogens with zero attached hydrogens (tertiary/aromatic N) is 2. The number of rotatable bonds is 7. The van der Waals surface area contributed by atoms with Gasteiger partial charge in [-0.1, -0.05) is 39.5 Å². The van der Waals surface area contributed by atoms with Crippen molar-refractivity contribution in [3.05, 3.63) is 18.2 Å². The Morgan fingerprint density at radius 3 is 2.64 bits per heavy atom. The zero-order chi connectivity index (χ0) is 10.2. The van der Waals surface area contributed by atoms with E-state index < -0.39 is 0 Å². The molecule has 0 N–H and O–H groups in total. The monoisotopic (exact) mass is 194 g/mol. The molecule has 0 radical (unpaired) electrons. The van der Waals surface area contributed by atoms with Crippen molar-refractivity contribution in [1.29, 1.82) is 0 Å². The van der Waals surface area contributed by atoms with E-state index in [1.807, 2.05) is 6.20 Å². The third kappa shape index (κ3) is 3.52. The van der Waals surface area contributed by atoms with Gasteiger partial charge in [-0.25, -0.2) is 4.98 Å². The summed E-state index contributed by atoms with van der Waals surface area (Å²) in [6.07, 6.45) is 11.8. The van der Waals surface area contributed by atoms with E-state index in [-0.39, 0.29) is 0 Å². The smallest absolute Gasteiger partial charge is 0.108 e. The fraction of sp³-hybridized carbons (Fsp3) is 0.750. The van der Waals surface area contributed by atoms with Gasteiger partial charge < -0.3 is 4.57 Å². The van der Waals surface area contributed by atoms with Crippen molar-refractivity contribution >= 4 is 0 Å². The van der Waals surface area contributed by atoms with Crippen molar-refractivity contribution in [2.24, 2.45) is 0 Å². The maximum absolute atomic E-state index is 4.31. The minimum atomic E-state index is 1.04. The molecule has 1 rings (SSSR count). The Labute approximate surface area is 87.4 Å². The van der Waals surface area contributed by atoms with Gasteiger partial charge in [0.1, 0.15) is 5.82 Å². The van der Waals surface area contributed by atoms with Crippen molar-refractivity contribution in [3.8, 4) is 0 Å². The first-order valence-corrected chi connectivity index (χ1v) is 5.88. The fourth-order valence-corrected chi connectivity index (χ4v) is 1.74. The summed E-state index contributed by atoms with van der Waals surface area (Å²) in [5.41, 5.74) is 0. The van der Waals surface area contributed by atoms with Crippen LogP contribution in [0.15, 0.2) is 12.4 Å². The van der Waals surface area contributed by atoms with Crippen LogP contribution in [0.2, 0.25) is 0 Å². The zero-order valence-electron chi connectivity index (χ0n) is 9.50. The van der Waals surface area contributed by atoms with Crippen LogP contribution in [0.25, 0.3) is 0 Å². The van der Waals surface area contributed by atoms with Gasteiger partial charge in [0.25, 0.3) is 0 Å². The molecule has 0 spiro atoms. The maximum atomic E-state index is 4.31. The molecule has 2 heteroatoms. The summed E-state index contributed by atoms with van der Waals surface area (Å²) in [5.74, 6) is 1.22. The van der Waals surface area contributed by atoms with E-state index in [2.05, 4.69) is 29.6 Å². The summed E-state index contributed by atoms with van der Waals surface area (Å²) in [6, 6.07) is 0. The molecule has 1 heterocycles. The molecule has 1 aromatic heterocycles. The Balaban J connectivity index is 2.17. The van der Waals surface area contributed by atoms with Crippen LogP contribution in [-0.4, -0.2) is 9.55 Å². The van der Waals surface area contributed by atoms with E-state index in [0.29, 0.717) is 0 Å². The molecular formula is C12H22N2. The van der Waals surface area contributed by atoms with Gasteiger partial charge in [0.2, 0.25) is 0 Å². The highest BCUT2D eigenvalue weighted by Crippen LogP contribution is 2.06. The van der Waals surface area contributed by atoms with Crippen molar-refractivity contribution < 1.29 is 0 Å². The van der Waals surface area contributed by atoms with Gasteiger partial charge in [-0.05, 0) is 6.42 Å². The fourth-order valence-electron chi connectivity index (χ4n) is 1.74. The Bertz CT molecular complexity index is 240. The van der Waals surface area contributed by atoms with E-state index in [0.717, 1.165) is 13.0 Å². The standard InChI is InChI=1S/C12H22N2/c1-3-5-6-7-8-10-14-11-9-13-12(14)4-2/h9,11H,3-8,10H2,1-2H3. The number of hydrogen-bond acceptors (Lipinski definition) is 1. The minimum absolute atomic E-state index is 1.04. The van der Waals surface area contributed by atoms with Crippen molar-refractivity contribution in [2.75, 3.05) is 0 Å². The normalized spacial score (nSPS) is 10.7. The summed E-state index contributed by atoms with van der Waals surface area (Å²) >= 11 is 0. The molecule has 0 aliphatic heterocycles. The lowest BCUT2D eigenvalue weighted by Crippen LogP contribution is -2.01. The summed E-state index contributed by atoms with van der Waals surface area (Å²) in [5, 5.41) is 0. The molecular weight excluding hydrogens is 172 g/mol. The lowest BCUT2D eigenvalue weighted by molar-refractivity contribution is 0.555. The molecule has 0 fully saturated rings. The highest BCUT2D eigenvalue weighted by atomic mass is 15.1. The summed E-state index contributed by atoms with van der Waals surface area (Å²) < 4.78 is 2.28. The third-order valence-electron chi connectivity index (χ3n) is 2.62. The molecule has 14 heavy (non-hydrogen) atoms. The first-order valence-electron chi connectivity index (χ1n) is 5.88. The Hall–Kier alpha value is -0.790. The van der Waals surface area contributed by atoms with Gasteiger partial charge >= 0.3 is 0 Å². The molecule has 1 aromatic rings. The molecule has 0 saturated heterocycles. The molecule has 0 aliphatic rings.